The lowest BCUT2D eigenvalue weighted by Gasteiger charge is -2.32. The van der Waals surface area contributed by atoms with Crippen molar-refractivity contribution in [1.29, 1.82) is 0 Å². The second kappa shape index (κ2) is 5.80. The zero-order chi connectivity index (χ0) is 12.8. The fraction of sp³-hybridized carbons (Fsp3) is 0.357. The van der Waals surface area contributed by atoms with E-state index in [-0.39, 0.29) is 6.61 Å². The van der Waals surface area contributed by atoms with Crippen LogP contribution < -0.4 is 5.32 Å². The van der Waals surface area contributed by atoms with Crippen LogP contribution in [0.1, 0.15) is 12.0 Å². The predicted octanol–water partition coefficient (Wildman–Crippen LogP) is 1.38. The summed E-state index contributed by atoms with van der Waals surface area (Å²) in [4.78, 5) is 0. The van der Waals surface area contributed by atoms with Gasteiger partial charge in [0.05, 0.1) is 12.1 Å². The summed E-state index contributed by atoms with van der Waals surface area (Å²) in [5.74, 6) is 0. The highest BCUT2D eigenvalue weighted by Crippen LogP contribution is 2.24. The van der Waals surface area contributed by atoms with E-state index < -0.39 is 5.54 Å². The third kappa shape index (κ3) is 2.60. The molecule has 1 atom stereocenters. The predicted molar refractivity (Wildman–Crippen MR) is 71.1 cm³/mol. The minimum absolute atomic E-state index is 0.0643. The van der Waals surface area contributed by atoms with Gasteiger partial charge in [0.1, 0.15) is 0 Å². The van der Waals surface area contributed by atoms with Gasteiger partial charge in [0.25, 0.3) is 0 Å². The van der Waals surface area contributed by atoms with Gasteiger partial charge in [0.15, 0.2) is 0 Å². The lowest BCUT2D eigenvalue weighted by Crippen LogP contribution is -2.44. The van der Waals surface area contributed by atoms with Crippen LogP contribution in [-0.2, 0) is 12.1 Å². The molecule has 0 amide bonds. The Hall–Kier alpha value is -1.65. The number of likely N-dealkylation sites (N-methyl/N-ethyl adjacent to an activating group) is 1. The number of benzene rings is 1. The summed E-state index contributed by atoms with van der Waals surface area (Å²) >= 11 is 0. The van der Waals surface area contributed by atoms with Crippen LogP contribution in [0.25, 0.3) is 0 Å². The number of hydrogen-bond acceptors (Lipinski definition) is 3. The first-order valence-electron chi connectivity index (χ1n) is 6.13. The van der Waals surface area contributed by atoms with E-state index >= 15 is 0 Å². The number of rotatable bonds is 6. The fourth-order valence-electron chi connectivity index (χ4n) is 2.16. The Labute approximate surface area is 107 Å². The Morgan fingerprint density at radius 1 is 1.28 bits per heavy atom. The number of aromatic nitrogens is 2. The summed E-state index contributed by atoms with van der Waals surface area (Å²) in [6.07, 6.45) is 4.48. The summed E-state index contributed by atoms with van der Waals surface area (Å²) in [6, 6.07) is 11.9. The maximum absolute atomic E-state index is 9.77. The molecule has 1 unspecified atom stereocenters. The van der Waals surface area contributed by atoms with Gasteiger partial charge in [-0.1, -0.05) is 30.3 Å². The van der Waals surface area contributed by atoms with Crippen LogP contribution in [0.15, 0.2) is 48.8 Å². The zero-order valence-electron chi connectivity index (χ0n) is 10.6. The molecule has 0 radical (unpaired) electrons. The second-order valence-corrected chi connectivity index (χ2v) is 4.38. The molecule has 0 spiro atoms. The highest BCUT2D eigenvalue weighted by Gasteiger charge is 2.29. The van der Waals surface area contributed by atoms with Crippen molar-refractivity contribution in [1.82, 2.24) is 15.1 Å². The zero-order valence-corrected chi connectivity index (χ0v) is 10.6. The highest BCUT2D eigenvalue weighted by atomic mass is 16.3. The van der Waals surface area contributed by atoms with Crippen molar-refractivity contribution in [2.45, 2.75) is 18.5 Å². The first-order valence-corrected chi connectivity index (χ1v) is 6.13. The van der Waals surface area contributed by atoms with E-state index in [1.165, 1.54) is 0 Å². The monoisotopic (exact) mass is 245 g/mol. The summed E-state index contributed by atoms with van der Waals surface area (Å²) in [5, 5.41) is 17.2. The molecular weight excluding hydrogens is 226 g/mol. The third-order valence-corrected chi connectivity index (χ3v) is 3.40. The molecule has 0 bridgehead atoms. The molecule has 0 fully saturated rings. The summed E-state index contributed by atoms with van der Waals surface area (Å²) < 4.78 is 1.88. The van der Waals surface area contributed by atoms with Crippen molar-refractivity contribution in [2.24, 2.45) is 0 Å². The number of aliphatic hydroxyl groups is 1. The number of aryl methyl sites for hydroxylation is 1. The van der Waals surface area contributed by atoms with Gasteiger partial charge in [-0.05, 0) is 25.1 Å². The first kappa shape index (κ1) is 12.8. The molecule has 96 valence electrons. The average molecular weight is 245 g/mol. The molecule has 2 aromatic rings. The molecule has 1 aromatic carbocycles. The molecule has 0 aliphatic carbocycles. The molecule has 0 saturated carbocycles. The number of aliphatic hydroxyl groups excluding tert-OH is 1. The van der Waals surface area contributed by atoms with Crippen LogP contribution in [0.3, 0.4) is 0 Å². The van der Waals surface area contributed by atoms with Crippen molar-refractivity contribution in [3.05, 3.63) is 54.4 Å². The Morgan fingerprint density at radius 3 is 2.61 bits per heavy atom. The van der Waals surface area contributed by atoms with Crippen molar-refractivity contribution < 1.29 is 5.11 Å². The highest BCUT2D eigenvalue weighted by molar-refractivity contribution is 5.24. The minimum Gasteiger partial charge on any atom is -0.394 e. The summed E-state index contributed by atoms with van der Waals surface area (Å²) in [7, 11) is 1.88. The second-order valence-electron chi connectivity index (χ2n) is 4.38. The molecular formula is C14H19N3O. The van der Waals surface area contributed by atoms with E-state index in [4.69, 9.17) is 0 Å². The number of nitrogens with zero attached hydrogens (tertiary/aromatic N) is 2. The maximum Gasteiger partial charge on any atom is 0.0684 e. The van der Waals surface area contributed by atoms with Gasteiger partial charge in [0.2, 0.25) is 0 Å². The standard InChI is InChI=1S/C14H19N3O/c1-15-14(12-18,13-6-3-2-4-7-13)8-11-17-10-5-9-16-17/h2-7,9-10,15,18H,8,11-12H2,1H3. The molecule has 0 saturated heterocycles. The van der Waals surface area contributed by atoms with E-state index in [0.29, 0.717) is 0 Å². The molecule has 0 aliphatic heterocycles. The molecule has 1 aromatic heterocycles. The van der Waals surface area contributed by atoms with E-state index in [9.17, 15) is 5.11 Å². The van der Waals surface area contributed by atoms with Gasteiger partial charge in [-0.3, -0.25) is 4.68 Å². The third-order valence-electron chi connectivity index (χ3n) is 3.40. The van der Waals surface area contributed by atoms with Crippen molar-refractivity contribution >= 4 is 0 Å². The van der Waals surface area contributed by atoms with E-state index in [1.807, 2.05) is 54.3 Å². The molecule has 2 N–H and O–H groups in total. The Morgan fingerprint density at radius 2 is 2.06 bits per heavy atom. The molecule has 18 heavy (non-hydrogen) atoms. The average Bonchev–Trinajstić information content (AvgIpc) is 2.95. The van der Waals surface area contributed by atoms with Gasteiger partial charge in [-0.25, -0.2) is 0 Å². The van der Waals surface area contributed by atoms with Gasteiger partial charge >= 0.3 is 0 Å². The normalized spacial score (nSPS) is 14.3. The number of hydrogen-bond donors (Lipinski definition) is 2. The van der Waals surface area contributed by atoms with Crippen molar-refractivity contribution in [2.75, 3.05) is 13.7 Å². The van der Waals surface area contributed by atoms with Crippen molar-refractivity contribution in [3.8, 4) is 0 Å². The SMILES string of the molecule is CNC(CO)(CCn1cccn1)c1ccccc1. The van der Waals surface area contributed by atoms with E-state index in [0.717, 1.165) is 18.5 Å². The first-order chi connectivity index (χ1) is 8.80. The van der Waals surface area contributed by atoms with E-state index in [1.54, 1.807) is 6.20 Å². The molecule has 1 heterocycles. The fourth-order valence-corrected chi connectivity index (χ4v) is 2.16. The van der Waals surface area contributed by atoms with Gasteiger partial charge < -0.3 is 10.4 Å². The van der Waals surface area contributed by atoms with Crippen LogP contribution in [0.4, 0.5) is 0 Å². The van der Waals surface area contributed by atoms with Crippen LogP contribution >= 0.6 is 0 Å². The maximum atomic E-state index is 9.77. The topological polar surface area (TPSA) is 50.1 Å². The summed E-state index contributed by atoms with van der Waals surface area (Å²) in [6.45, 7) is 0.831. The quantitative estimate of drug-likeness (QED) is 0.808. The lowest BCUT2D eigenvalue weighted by molar-refractivity contribution is 0.152. The Balaban J connectivity index is 2.16. The molecule has 4 nitrogen and oxygen atoms in total. The van der Waals surface area contributed by atoms with Gasteiger partial charge in [-0.2, -0.15) is 5.10 Å². The molecule has 4 heteroatoms. The Kier molecular flexibility index (Phi) is 4.12. The van der Waals surface area contributed by atoms with Gasteiger partial charge in [0, 0.05) is 18.9 Å². The molecule has 0 aliphatic rings. The van der Waals surface area contributed by atoms with Crippen LogP contribution in [-0.4, -0.2) is 28.5 Å². The lowest BCUT2D eigenvalue weighted by atomic mass is 9.87. The minimum atomic E-state index is -0.410. The van der Waals surface area contributed by atoms with Crippen molar-refractivity contribution in [3.63, 3.8) is 0 Å². The van der Waals surface area contributed by atoms with Gasteiger partial charge in [-0.15, -0.1) is 0 Å². The van der Waals surface area contributed by atoms with Crippen LogP contribution in [0, 0.1) is 0 Å². The number of nitrogens with one attached hydrogen (secondary N) is 1. The Bertz CT molecular complexity index is 449. The molecule has 2 rings (SSSR count). The largest absolute Gasteiger partial charge is 0.394 e. The summed E-state index contributed by atoms with van der Waals surface area (Å²) in [5.41, 5.74) is 0.690. The van der Waals surface area contributed by atoms with E-state index in [2.05, 4.69) is 10.4 Å². The van der Waals surface area contributed by atoms with Crippen LogP contribution in [0.5, 0.6) is 0 Å². The van der Waals surface area contributed by atoms with Crippen LogP contribution in [0.2, 0.25) is 0 Å². The smallest absolute Gasteiger partial charge is 0.0684 e.